The Balaban J connectivity index is 0. The second kappa shape index (κ2) is 8.83. The van der Waals surface area contributed by atoms with E-state index in [1.54, 1.807) is 0 Å². The Morgan fingerprint density at radius 2 is 1.38 bits per heavy atom. The van der Waals surface area contributed by atoms with E-state index >= 15 is 0 Å². The van der Waals surface area contributed by atoms with E-state index in [1.807, 2.05) is 27.7 Å². The molecule has 92 valence electrons. The van der Waals surface area contributed by atoms with Gasteiger partial charge >= 0.3 is 5.97 Å². The largest absolute Gasteiger partial charge is 0.478 e. The van der Waals surface area contributed by atoms with Crippen LogP contribution < -0.4 is 0 Å². The smallest absolute Gasteiger partial charge is 0.335 e. The van der Waals surface area contributed by atoms with Crippen LogP contribution in [-0.4, -0.2) is 11.1 Å². The van der Waals surface area contributed by atoms with E-state index in [2.05, 4.69) is 0 Å². The SMILES string of the molecule is CC.CC.Cc1c(F)cc(C(=O)O)cc1F. The van der Waals surface area contributed by atoms with Gasteiger partial charge in [-0.1, -0.05) is 27.7 Å². The van der Waals surface area contributed by atoms with E-state index in [9.17, 15) is 13.6 Å². The standard InChI is InChI=1S/C8H6F2O2.2C2H6/c1-4-6(9)2-5(8(11)12)3-7(4)10;2*1-2/h2-3H,1H3,(H,11,12);2*1-2H3. The number of rotatable bonds is 1. The first-order chi connectivity index (χ1) is 7.52. The van der Waals surface area contributed by atoms with Crippen molar-refractivity contribution in [1.82, 2.24) is 0 Å². The molecule has 0 aromatic heterocycles. The molecule has 16 heavy (non-hydrogen) atoms. The number of hydrogen-bond acceptors (Lipinski definition) is 1. The average molecular weight is 232 g/mol. The first-order valence-electron chi connectivity index (χ1n) is 5.21. The van der Waals surface area contributed by atoms with Crippen LogP contribution in [0.3, 0.4) is 0 Å². The monoisotopic (exact) mass is 232 g/mol. The summed E-state index contributed by atoms with van der Waals surface area (Å²) in [6.45, 7) is 9.25. The summed E-state index contributed by atoms with van der Waals surface area (Å²) in [7, 11) is 0. The van der Waals surface area contributed by atoms with Gasteiger partial charge < -0.3 is 5.11 Å². The van der Waals surface area contributed by atoms with E-state index in [1.165, 1.54) is 6.92 Å². The lowest BCUT2D eigenvalue weighted by Gasteiger charge is -1.99. The van der Waals surface area contributed by atoms with E-state index < -0.39 is 17.6 Å². The molecule has 0 aliphatic rings. The maximum absolute atomic E-state index is 12.7. The third kappa shape index (κ3) is 4.87. The zero-order chi connectivity index (χ0) is 13.3. The second-order valence-electron chi connectivity index (χ2n) is 2.37. The van der Waals surface area contributed by atoms with Gasteiger partial charge in [-0.15, -0.1) is 0 Å². The number of carbonyl (C=O) groups is 1. The third-order valence-corrected chi connectivity index (χ3v) is 1.53. The Morgan fingerprint density at radius 3 is 1.62 bits per heavy atom. The molecule has 0 unspecified atom stereocenters. The van der Waals surface area contributed by atoms with Crippen molar-refractivity contribution in [2.45, 2.75) is 34.6 Å². The molecule has 0 saturated carbocycles. The Hall–Kier alpha value is -1.45. The van der Waals surface area contributed by atoms with Gasteiger partial charge in [0.05, 0.1) is 5.56 Å². The molecule has 0 amide bonds. The number of carboxylic acids is 1. The van der Waals surface area contributed by atoms with Crippen LogP contribution in [0.25, 0.3) is 0 Å². The van der Waals surface area contributed by atoms with Crippen LogP contribution in [0.5, 0.6) is 0 Å². The van der Waals surface area contributed by atoms with E-state index in [0.717, 1.165) is 12.1 Å². The van der Waals surface area contributed by atoms with Crippen molar-refractivity contribution in [3.05, 3.63) is 34.9 Å². The average Bonchev–Trinajstić information content (AvgIpc) is 2.30. The van der Waals surface area contributed by atoms with Gasteiger partial charge in [0.1, 0.15) is 11.6 Å². The van der Waals surface area contributed by atoms with Gasteiger partial charge in [-0.05, 0) is 19.1 Å². The lowest BCUT2D eigenvalue weighted by molar-refractivity contribution is 0.0695. The fourth-order valence-electron chi connectivity index (χ4n) is 0.769. The molecule has 0 atom stereocenters. The molecule has 0 radical (unpaired) electrons. The van der Waals surface area contributed by atoms with E-state index in [4.69, 9.17) is 5.11 Å². The van der Waals surface area contributed by atoms with E-state index in [0.29, 0.717) is 0 Å². The number of aromatic carboxylic acids is 1. The lowest BCUT2D eigenvalue weighted by atomic mass is 10.1. The number of halogens is 2. The van der Waals surface area contributed by atoms with Gasteiger partial charge in [0, 0.05) is 5.56 Å². The molecule has 0 spiro atoms. The molecule has 0 saturated heterocycles. The minimum absolute atomic E-state index is 0.167. The lowest BCUT2D eigenvalue weighted by Crippen LogP contribution is -2.00. The van der Waals surface area contributed by atoms with Crippen LogP contribution >= 0.6 is 0 Å². The highest BCUT2D eigenvalue weighted by Crippen LogP contribution is 2.13. The Labute approximate surface area is 94.9 Å². The number of hydrogen-bond donors (Lipinski definition) is 1. The zero-order valence-electron chi connectivity index (χ0n) is 10.3. The van der Waals surface area contributed by atoms with Crippen LogP contribution in [0, 0.1) is 18.6 Å². The highest BCUT2D eigenvalue weighted by molar-refractivity contribution is 5.87. The Kier molecular flexibility index (Phi) is 9.36. The van der Waals surface area contributed by atoms with Gasteiger partial charge in [0.25, 0.3) is 0 Å². The first-order valence-corrected chi connectivity index (χ1v) is 5.21. The van der Waals surface area contributed by atoms with Crippen LogP contribution in [0.1, 0.15) is 43.6 Å². The minimum Gasteiger partial charge on any atom is -0.478 e. The molecule has 0 bridgehead atoms. The predicted molar refractivity (Wildman–Crippen MR) is 60.8 cm³/mol. The fourth-order valence-corrected chi connectivity index (χ4v) is 0.769. The molecule has 1 rings (SSSR count). The second-order valence-corrected chi connectivity index (χ2v) is 2.37. The van der Waals surface area contributed by atoms with Crippen molar-refractivity contribution in [2.75, 3.05) is 0 Å². The number of benzene rings is 1. The molecular formula is C12H18F2O2. The highest BCUT2D eigenvalue weighted by Gasteiger charge is 2.10. The molecule has 0 aliphatic carbocycles. The fraction of sp³-hybridized carbons (Fsp3) is 0.417. The third-order valence-electron chi connectivity index (χ3n) is 1.53. The van der Waals surface area contributed by atoms with Crippen molar-refractivity contribution >= 4 is 5.97 Å². The predicted octanol–water partition coefficient (Wildman–Crippen LogP) is 4.02. The number of carboxylic acid groups (broad SMARTS) is 1. The summed E-state index contributed by atoms with van der Waals surface area (Å²) in [6.07, 6.45) is 0. The highest BCUT2D eigenvalue weighted by atomic mass is 19.1. The summed E-state index contributed by atoms with van der Waals surface area (Å²) < 4.78 is 25.4. The summed E-state index contributed by atoms with van der Waals surface area (Å²) in [6, 6.07) is 1.58. The molecule has 0 aliphatic heterocycles. The molecular weight excluding hydrogens is 214 g/mol. The summed E-state index contributed by atoms with van der Waals surface area (Å²) in [5.41, 5.74) is -0.546. The zero-order valence-corrected chi connectivity index (χ0v) is 10.3. The van der Waals surface area contributed by atoms with Crippen LogP contribution in [-0.2, 0) is 0 Å². The minimum atomic E-state index is -1.34. The van der Waals surface area contributed by atoms with Gasteiger partial charge in [-0.3, -0.25) is 0 Å². The van der Waals surface area contributed by atoms with Crippen molar-refractivity contribution in [3.63, 3.8) is 0 Å². The van der Waals surface area contributed by atoms with Crippen LogP contribution in [0.15, 0.2) is 12.1 Å². The molecule has 2 nitrogen and oxygen atoms in total. The Morgan fingerprint density at radius 1 is 1.06 bits per heavy atom. The topological polar surface area (TPSA) is 37.3 Å². The van der Waals surface area contributed by atoms with Crippen molar-refractivity contribution < 1.29 is 18.7 Å². The maximum atomic E-state index is 12.7. The Bertz CT molecular complexity index is 313. The molecule has 0 fully saturated rings. The quantitative estimate of drug-likeness (QED) is 0.793. The summed E-state index contributed by atoms with van der Waals surface area (Å²) in [4.78, 5) is 10.3. The van der Waals surface area contributed by atoms with Crippen molar-refractivity contribution in [1.29, 1.82) is 0 Å². The van der Waals surface area contributed by atoms with Crippen molar-refractivity contribution in [3.8, 4) is 0 Å². The van der Waals surface area contributed by atoms with Gasteiger partial charge in [0.15, 0.2) is 0 Å². The van der Waals surface area contributed by atoms with Gasteiger partial charge in [0.2, 0.25) is 0 Å². The summed E-state index contributed by atoms with van der Waals surface area (Å²) >= 11 is 0. The van der Waals surface area contributed by atoms with Crippen molar-refractivity contribution in [2.24, 2.45) is 0 Å². The summed E-state index contributed by atoms with van der Waals surface area (Å²) in [5.74, 6) is -3.02. The summed E-state index contributed by atoms with van der Waals surface area (Å²) in [5, 5.41) is 8.39. The molecule has 0 heterocycles. The molecule has 1 aromatic rings. The van der Waals surface area contributed by atoms with Gasteiger partial charge in [-0.25, -0.2) is 13.6 Å². The van der Waals surface area contributed by atoms with Gasteiger partial charge in [-0.2, -0.15) is 0 Å². The normalized spacial score (nSPS) is 8.19. The molecule has 4 heteroatoms. The van der Waals surface area contributed by atoms with Crippen LogP contribution in [0.4, 0.5) is 8.78 Å². The molecule has 1 aromatic carbocycles. The van der Waals surface area contributed by atoms with E-state index in [-0.39, 0.29) is 11.1 Å². The van der Waals surface area contributed by atoms with Crippen LogP contribution in [0.2, 0.25) is 0 Å². The first kappa shape index (κ1) is 17.0. The maximum Gasteiger partial charge on any atom is 0.335 e. The molecule has 1 N–H and O–H groups in total.